The Balaban J connectivity index is 1.16. The minimum Gasteiger partial charge on any atom is -0.358 e. The first-order chi connectivity index (χ1) is 15.5. The van der Waals surface area contributed by atoms with Crippen molar-refractivity contribution in [3.63, 3.8) is 0 Å². The fourth-order valence-electron chi connectivity index (χ4n) is 5.27. The molecule has 0 unspecified atom stereocenters. The zero-order valence-electron chi connectivity index (χ0n) is 17.6. The van der Waals surface area contributed by atoms with Crippen molar-refractivity contribution in [2.75, 3.05) is 19.6 Å². The van der Waals surface area contributed by atoms with Gasteiger partial charge in [0.15, 0.2) is 5.84 Å². The molecule has 3 aliphatic rings. The summed E-state index contributed by atoms with van der Waals surface area (Å²) in [7, 11) is -3.62. The maximum Gasteiger partial charge on any atom is 0.285 e. The van der Waals surface area contributed by atoms with E-state index in [1.54, 1.807) is 12.1 Å². The average molecular weight is 449 g/mol. The second-order valence-electron chi connectivity index (χ2n) is 8.78. The molecule has 0 bridgehead atoms. The molecule has 3 aliphatic heterocycles. The Hall–Kier alpha value is -3.13. The fraction of sp³-hybridized carbons (Fsp3) is 0.333. The van der Waals surface area contributed by atoms with Gasteiger partial charge in [0.05, 0.1) is 0 Å². The summed E-state index contributed by atoms with van der Waals surface area (Å²) in [4.78, 5) is 21.1. The number of piperidine rings is 1. The van der Waals surface area contributed by atoms with Crippen molar-refractivity contribution in [2.45, 2.75) is 30.7 Å². The Morgan fingerprint density at radius 3 is 2.59 bits per heavy atom. The molecule has 164 valence electrons. The van der Waals surface area contributed by atoms with Gasteiger partial charge in [0, 0.05) is 66.2 Å². The molecule has 1 fully saturated rings. The van der Waals surface area contributed by atoms with Gasteiger partial charge in [-0.1, -0.05) is 30.3 Å². The molecule has 2 aromatic carbocycles. The molecule has 1 amide bonds. The number of fused-ring (bicyclic) bond motifs is 4. The Morgan fingerprint density at radius 1 is 1.00 bits per heavy atom. The minimum absolute atomic E-state index is 0.0353. The van der Waals surface area contributed by atoms with Gasteiger partial charge in [-0.05, 0) is 31.0 Å². The van der Waals surface area contributed by atoms with Gasteiger partial charge >= 0.3 is 0 Å². The number of likely N-dealkylation sites (tertiary alicyclic amines) is 1. The summed E-state index contributed by atoms with van der Waals surface area (Å²) in [6, 6.07) is 15.2. The number of rotatable bonds is 1. The van der Waals surface area contributed by atoms with Crippen LogP contribution in [0.1, 0.15) is 29.7 Å². The number of aromatic nitrogens is 1. The van der Waals surface area contributed by atoms with Gasteiger partial charge in [0.1, 0.15) is 4.90 Å². The highest BCUT2D eigenvalue weighted by molar-refractivity contribution is 7.90. The van der Waals surface area contributed by atoms with E-state index in [0.29, 0.717) is 43.9 Å². The van der Waals surface area contributed by atoms with Gasteiger partial charge in [-0.25, -0.2) is 0 Å². The van der Waals surface area contributed by atoms with Gasteiger partial charge in [-0.2, -0.15) is 8.42 Å². The van der Waals surface area contributed by atoms with Crippen molar-refractivity contribution in [3.8, 4) is 0 Å². The number of hydrogen-bond acceptors (Lipinski definition) is 4. The van der Waals surface area contributed by atoms with Crippen LogP contribution < -0.4 is 0 Å². The zero-order valence-corrected chi connectivity index (χ0v) is 18.4. The predicted molar refractivity (Wildman–Crippen MR) is 122 cm³/mol. The largest absolute Gasteiger partial charge is 0.358 e. The van der Waals surface area contributed by atoms with E-state index >= 15 is 0 Å². The lowest BCUT2D eigenvalue weighted by Crippen LogP contribution is -2.45. The van der Waals surface area contributed by atoms with Crippen LogP contribution in [0.2, 0.25) is 0 Å². The van der Waals surface area contributed by atoms with Gasteiger partial charge in [-0.3, -0.25) is 4.79 Å². The van der Waals surface area contributed by atoms with Crippen molar-refractivity contribution in [1.29, 1.82) is 0 Å². The molecule has 1 N–H and O–H groups in total. The topological polar surface area (TPSA) is 85.8 Å². The van der Waals surface area contributed by atoms with E-state index in [4.69, 9.17) is 0 Å². The average Bonchev–Trinajstić information content (AvgIpc) is 3.33. The molecule has 32 heavy (non-hydrogen) atoms. The molecule has 3 aromatic rings. The number of carbonyl (C=O) groups is 1. The van der Waals surface area contributed by atoms with E-state index < -0.39 is 10.0 Å². The van der Waals surface area contributed by atoms with E-state index in [1.807, 2.05) is 34.1 Å². The Bertz CT molecular complexity index is 1370. The number of H-pyrrole nitrogens is 1. The first-order valence-corrected chi connectivity index (χ1v) is 12.5. The monoisotopic (exact) mass is 448 g/mol. The van der Waals surface area contributed by atoms with E-state index in [9.17, 15) is 13.2 Å². The molecule has 0 aliphatic carbocycles. The molecule has 1 saturated heterocycles. The van der Waals surface area contributed by atoms with Crippen LogP contribution in [-0.4, -0.2) is 54.6 Å². The maximum atomic E-state index is 13.3. The number of para-hydroxylation sites is 1. The third-order valence-electron chi connectivity index (χ3n) is 6.95. The van der Waals surface area contributed by atoms with Crippen LogP contribution in [0.4, 0.5) is 0 Å². The number of carbonyl (C=O) groups excluding carboxylic acids is 1. The van der Waals surface area contributed by atoms with Gasteiger partial charge in [0.2, 0.25) is 5.91 Å². The molecule has 0 saturated carbocycles. The van der Waals surface area contributed by atoms with Gasteiger partial charge in [-0.15, -0.1) is 4.40 Å². The van der Waals surface area contributed by atoms with Crippen LogP contribution in [0.15, 0.2) is 57.8 Å². The van der Waals surface area contributed by atoms with Crippen molar-refractivity contribution < 1.29 is 13.2 Å². The third-order valence-corrected chi connectivity index (χ3v) is 8.28. The number of amidine groups is 1. The quantitative estimate of drug-likeness (QED) is 0.620. The van der Waals surface area contributed by atoms with Crippen LogP contribution >= 0.6 is 0 Å². The third kappa shape index (κ3) is 3.04. The van der Waals surface area contributed by atoms with Crippen LogP contribution in [0, 0.1) is 5.92 Å². The van der Waals surface area contributed by atoms with E-state index in [-0.39, 0.29) is 16.7 Å². The van der Waals surface area contributed by atoms with Crippen molar-refractivity contribution >= 4 is 32.7 Å². The lowest BCUT2D eigenvalue weighted by Gasteiger charge is -2.36. The number of nitrogens with zero attached hydrogens (tertiary/aromatic N) is 3. The summed E-state index contributed by atoms with van der Waals surface area (Å²) in [5.41, 5.74) is 4.27. The first kappa shape index (κ1) is 19.5. The number of nitrogens with one attached hydrogen (secondary N) is 1. The van der Waals surface area contributed by atoms with Crippen LogP contribution in [0.5, 0.6) is 0 Å². The number of benzene rings is 2. The molecular formula is C24H24N4O3S. The van der Waals surface area contributed by atoms with Gasteiger partial charge < -0.3 is 14.8 Å². The standard InChI is InChI=1S/C24H24N4O3S/c29-24(28-14-11-21-19(15-28)17-5-1-3-7-20(17)25-21)16-9-12-27(13-10-16)23-18-6-2-4-8-22(18)32(30,31)26-23/h1-8,16,25H,9-15H2. The van der Waals surface area contributed by atoms with Crippen molar-refractivity contribution in [1.82, 2.24) is 14.8 Å². The van der Waals surface area contributed by atoms with Crippen molar-refractivity contribution in [2.24, 2.45) is 10.3 Å². The first-order valence-electron chi connectivity index (χ1n) is 11.1. The lowest BCUT2D eigenvalue weighted by molar-refractivity contribution is -0.137. The summed E-state index contributed by atoms with van der Waals surface area (Å²) in [6.45, 7) is 2.64. The van der Waals surface area contributed by atoms with Crippen LogP contribution in [0.3, 0.4) is 0 Å². The number of sulfonamides is 1. The fourth-order valence-corrected chi connectivity index (χ4v) is 6.50. The number of amides is 1. The minimum atomic E-state index is -3.62. The highest BCUT2D eigenvalue weighted by atomic mass is 32.2. The highest BCUT2D eigenvalue weighted by Crippen LogP contribution is 2.32. The lowest BCUT2D eigenvalue weighted by atomic mass is 9.93. The second-order valence-corrected chi connectivity index (χ2v) is 10.4. The molecule has 8 heteroatoms. The Kier molecular flexibility index (Phi) is 4.40. The molecule has 1 aromatic heterocycles. The molecule has 6 rings (SSSR count). The number of hydrogen-bond donors (Lipinski definition) is 1. The molecule has 4 heterocycles. The number of aromatic amines is 1. The maximum absolute atomic E-state index is 13.3. The zero-order chi connectivity index (χ0) is 21.9. The summed E-state index contributed by atoms with van der Waals surface area (Å²) in [5.74, 6) is 0.696. The normalized spacial score (nSPS) is 20.2. The highest BCUT2D eigenvalue weighted by Gasteiger charge is 2.36. The summed E-state index contributed by atoms with van der Waals surface area (Å²) in [6.07, 6.45) is 2.26. The SMILES string of the molecule is O=C(C1CCN(C2=NS(=O)(=O)c3ccccc32)CC1)N1CCc2[nH]c3ccccc3c2C1. The Morgan fingerprint density at radius 2 is 1.75 bits per heavy atom. The molecule has 0 radical (unpaired) electrons. The summed E-state index contributed by atoms with van der Waals surface area (Å²) >= 11 is 0. The van der Waals surface area contributed by atoms with Gasteiger partial charge in [0.25, 0.3) is 10.0 Å². The Labute approximate surface area is 186 Å². The van der Waals surface area contributed by atoms with E-state index in [1.165, 1.54) is 16.6 Å². The smallest absolute Gasteiger partial charge is 0.285 e. The molecular weight excluding hydrogens is 424 g/mol. The van der Waals surface area contributed by atoms with Crippen molar-refractivity contribution in [3.05, 3.63) is 65.4 Å². The molecule has 7 nitrogen and oxygen atoms in total. The van der Waals surface area contributed by atoms with E-state index in [0.717, 1.165) is 18.5 Å². The van der Waals surface area contributed by atoms with E-state index in [2.05, 4.69) is 21.5 Å². The molecule has 0 atom stereocenters. The predicted octanol–water partition coefficient (Wildman–Crippen LogP) is 2.91. The summed E-state index contributed by atoms with van der Waals surface area (Å²) in [5, 5.41) is 1.20. The second kappa shape index (κ2) is 7.20. The van der Waals surface area contributed by atoms with Crippen LogP contribution in [-0.2, 0) is 27.8 Å². The van der Waals surface area contributed by atoms with Crippen LogP contribution in [0.25, 0.3) is 10.9 Å². The summed E-state index contributed by atoms with van der Waals surface area (Å²) < 4.78 is 28.8. The molecule has 0 spiro atoms.